The second-order valence-corrected chi connectivity index (χ2v) is 5.04. The third-order valence-electron chi connectivity index (χ3n) is 3.05. The fourth-order valence-electron chi connectivity index (χ4n) is 1.99. The number of rotatable bonds is 5. The van der Waals surface area contributed by atoms with E-state index in [2.05, 4.69) is 0 Å². The average Bonchev–Trinajstić information content (AvgIpc) is 2.46. The summed E-state index contributed by atoms with van der Waals surface area (Å²) >= 11 is 5.96. The summed E-state index contributed by atoms with van der Waals surface area (Å²) in [4.78, 5) is 0. The zero-order chi connectivity index (χ0) is 15.4. The molecule has 0 aromatic heterocycles. The quantitative estimate of drug-likeness (QED) is 0.903. The van der Waals surface area contributed by atoms with Crippen molar-refractivity contribution in [2.45, 2.75) is 19.6 Å². The van der Waals surface area contributed by atoms with E-state index in [0.29, 0.717) is 22.1 Å². The topological polar surface area (TPSA) is 38.7 Å². The van der Waals surface area contributed by atoms with Gasteiger partial charge in [-0.25, -0.2) is 4.39 Å². The summed E-state index contributed by atoms with van der Waals surface area (Å²) in [5.74, 6) is 0.659. The zero-order valence-corrected chi connectivity index (χ0v) is 12.5. The van der Waals surface area contributed by atoms with E-state index in [1.807, 2.05) is 0 Å². The summed E-state index contributed by atoms with van der Waals surface area (Å²) in [5, 5.41) is 10.3. The van der Waals surface area contributed by atoms with Crippen molar-refractivity contribution in [3.8, 4) is 11.5 Å². The number of methoxy groups -OCH3 is 1. The van der Waals surface area contributed by atoms with E-state index in [1.165, 1.54) is 18.2 Å². The summed E-state index contributed by atoms with van der Waals surface area (Å²) in [7, 11) is 1.56. The molecule has 0 spiro atoms. The van der Waals surface area contributed by atoms with Gasteiger partial charge < -0.3 is 14.6 Å². The molecule has 0 saturated carbocycles. The van der Waals surface area contributed by atoms with Crippen LogP contribution in [0, 0.1) is 5.82 Å². The number of benzene rings is 2. The largest absolute Gasteiger partial charge is 0.496 e. The molecule has 112 valence electrons. The molecule has 0 heterocycles. The van der Waals surface area contributed by atoms with Crippen LogP contribution in [0.15, 0.2) is 36.4 Å². The van der Waals surface area contributed by atoms with Crippen molar-refractivity contribution in [2.24, 2.45) is 0 Å². The van der Waals surface area contributed by atoms with E-state index in [9.17, 15) is 9.50 Å². The van der Waals surface area contributed by atoms with Crippen molar-refractivity contribution in [1.29, 1.82) is 0 Å². The van der Waals surface area contributed by atoms with E-state index in [-0.39, 0.29) is 6.61 Å². The van der Waals surface area contributed by atoms with E-state index < -0.39 is 11.9 Å². The molecular weight excluding hydrogens is 295 g/mol. The van der Waals surface area contributed by atoms with Gasteiger partial charge >= 0.3 is 0 Å². The maximum Gasteiger partial charge on any atom is 0.125 e. The smallest absolute Gasteiger partial charge is 0.125 e. The minimum atomic E-state index is -0.822. The molecule has 0 aliphatic heterocycles. The highest BCUT2D eigenvalue weighted by Crippen LogP contribution is 2.29. The van der Waals surface area contributed by atoms with Crippen molar-refractivity contribution in [1.82, 2.24) is 0 Å². The average molecular weight is 311 g/mol. The van der Waals surface area contributed by atoms with Crippen LogP contribution in [0.25, 0.3) is 0 Å². The highest BCUT2D eigenvalue weighted by atomic mass is 35.5. The highest BCUT2D eigenvalue weighted by molar-refractivity contribution is 6.30. The van der Waals surface area contributed by atoms with Gasteiger partial charge in [0.25, 0.3) is 0 Å². The van der Waals surface area contributed by atoms with Crippen LogP contribution in [0.1, 0.15) is 24.2 Å². The molecule has 3 nitrogen and oxygen atoms in total. The lowest BCUT2D eigenvalue weighted by atomic mass is 10.1. The lowest BCUT2D eigenvalue weighted by molar-refractivity contribution is 0.189. The van der Waals surface area contributed by atoms with Crippen LogP contribution in [0.2, 0.25) is 5.02 Å². The van der Waals surface area contributed by atoms with Gasteiger partial charge in [0.2, 0.25) is 0 Å². The molecule has 1 atom stereocenters. The summed E-state index contributed by atoms with van der Waals surface area (Å²) in [6.45, 7) is 1.76. The number of aliphatic hydroxyl groups excluding tert-OH is 1. The monoisotopic (exact) mass is 310 g/mol. The van der Waals surface area contributed by atoms with E-state index in [1.54, 1.807) is 32.2 Å². The molecule has 0 bridgehead atoms. The van der Waals surface area contributed by atoms with Gasteiger partial charge in [0.15, 0.2) is 0 Å². The summed E-state index contributed by atoms with van der Waals surface area (Å²) in [6, 6.07) is 9.26. The van der Waals surface area contributed by atoms with Crippen LogP contribution < -0.4 is 9.47 Å². The van der Waals surface area contributed by atoms with E-state index >= 15 is 0 Å². The number of aliphatic hydroxyl groups is 1. The van der Waals surface area contributed by atoms with E-state index in [4.69, 9.17) is 21.1 Å². The van der Waals surface area contributed by atoms with Crippen LogP contribution >= 0.6 is 11.6 Å². The maximum absolute atomic E-state index is 13.2. The van der Waals surface area contributed by atoms with Gasteiger partial charge in [-0.3, -0.25) is 0 Å². The van der Waals surface area contributed by atoms with E-state index in [0.717, 1.165) is 5.56 Å². The standard InChI is InChI=1S/C16H16ClFO3/c1-10(19)14-8-13(18)4-6-16(14)21-9-11-7-12(17)3-5-15(11)20-2/h3-8,10,19H,9H2,1-2H3. The Morgan fingerprint density at radius 3 is 2.57 bits per heavy atom. The molecule has 2 rings (SSSR count). The lowest BCUT2D eigenvalue weighted by Gasteiger charge is -2.15. The Bertz CT molecular complexity index is 629. The first-order valence-corrected chi connectivity index (χ1v) is 6.81. The summed E-state index contributed by atoms with van der Waals surface area (Å²) in [5.41, 5.74) is 1.17. The second-order valence-electron chi connectivity index (χ2n) is 4.60. The molecular formula is C16H16ClFO3. The maximum atomic E-state index is 13.2. The Balaban J connectivity index is 2.22. The van der Waals surface area contributed by atoms with Gasteiger partial charge in [0.1, 0.15) is 23.9 Å². The molecule has 5 heteroatoms. The molecule has 2 aromatic rings. The zero-order valence-electron chi connectivity index (χ0n) is 11.8. The summed E-state index contributed by atoms with van der Waals surface area (Å²) < 4.78 is 24.1. The molecule has 2 aromatic carbocycles. The predicted octanol–water partition coefficient (Wildman–Crippen LogP) is 4.12. The number of ether oxygens (including phenoxy) is 2. The Labute approximate surface area is 127 Å². The summed E-state index contributed by atoms with van der Waals surface area (Å²) in [6.07, 6.45) is -0.822. The molecule has 0 aliphatic carbocycles. The Kier molecular flexibility index (Phi) is 5.04. The van der Waals surface area contributed by atoms with Crippen molar-refractivity contribution in [3.63, 3.8) is 0 Å². The van der Waals surface area contributed by atoms with Gasteiger partial charge in [-0.15, -0.1) is 0 Å². The van der Waals surface area contributed by atoms with Crippen LogP contribution in [0.3, 0.4) is 0 Å². The minimum absolute atomic E-state index is 0.203. The first kappa shape index (κ1) is 15.6. The van der Waals surface area contributed by atoms with Gasteiger partial charge in [0, 0.05) is 16.1 Å². The van der Waals surface area contributed by atoms with Crippen molar-refractivity contribution >= 4 is 11.6 Å². The number of halogens is 2. The molecule has 1 unspecified atom stereocenters. The molecule has 0 radical (unpaired) electrons. The van der Waals surface area contributed by atoms with Crippen molar-refractivity contribution < 1.29 is 19.0 Å². The highest BCUT2D eigenvalue weighted by Gasteiger charge is 2.12. The third-order valence-corrected chi connectivity index (χ3v) is 3.28. The lowest BCUT2D eigenvalue weighted by Crippen LogP contribution is -2.03. The minimum Gasteiger partial charge on any atom is -0.496 e. The first-order chi connectivity index (χ1) is 10.0. The molecule has 1 N–H and O–H groups in total. The fraction of sp³-hybridized carbons (Fsp3) is 0.250. The van der Waals surface area contributed by atoms with Crippen LogP contribution in [-0.4, -0.2) is 12.2 Å². The third kappa shape index (κ3) is 3.86. The fourth-order valence-corrected chi connectivity index (χ4v) is 2.19. The molecule has 0 amide bonds. The van der Waals surface area contributed by atoms with Crippen LogP contribution in [-0.2, 0) is 6.61 Å². The first-order valence-electron chi connectivity index (χ1n) is 6.44. The van der Waals surface area contributed by atoms with Crippen molar-refractivity contribution in [2.75, 3.05) is 7.11 Å². The van der Waals surface area contributed by atoms with Gasteiger partial charge in [-0.1, -0.05) is 11.6 Å². The second kappa shape index (κ2) is 6.78. The van der Waals surface area contributed by atoms with Crippen LogP contribution in [0.5, 0.6) is 11.5 Å². The number of hydrogen-bond acceptors (Lipinski definition) is 3. The SMILES string of the molecule is COc1ccc(Cl)cc1COc1ccc(F)cc1C(C)O. The van der Waals surface area contributed by atoms with Gasteiger partial charge in [0.05, 0.1) is 13.2 Å². The Morgan fingerprint density at radius 1 is 1.19 bits per heavy atom. The van der Waals surface area contributed by atoms with Crippen molar-refractivity contribution in [3.05, 3.63) is 58.4 Å². The molecule has 0 fully saturated rings. The van der Waals surface area contributed by atoms with Crippen LogP contribution in [0.4, 0.5) is 4.39 Å². The van der Waals surface area contributed by atoms with Gasteiger partial charge in [-0.05, 0) is 43.3 Å². The predicted molar refractivity (Wildman–Crippen MR) is 79.4 cm³/mol. The molecule has 0 aliphatic rings. The Morgan fingerprint density at radius 2 is 1.90 bits per heavy atom. The Hall–Kier alpha value is -1.78. The normalized spacial score (nSPS) is 12.0. The number of hydrogen-bond donors (Lipinski definition) is 1. The molecule has 21 heavy (non-hydrogen) atoms. The van der Waals surface area contributed by atoms with Gasteiger partial charge in [-0.2, -0.15) is 0 Å². The molecule has 0 saturated heterocycles.